The number of amides is 2. The number of anilines is 3. The summed E-state index contributed by atoms with van der Waals surface area (Å²) in [4.78, 5) is 47.3. The molecule has 8 heterocycles. The van der Waals surface area contributed by atoms with Gasteiger partial charge in [0, 0.05) is 80.3 Å². The van der Waals surface area contributed by atoms with Crippen LogP contribution >= 0.6 is 11.3 Å². The number of phenolic OH excluding ortho intramolecular Hbond substituents is 1. The van der Waals surface area contributed by atoms with Crippen LogP contribution in [0.2, 0.25) is 0 Å². The van der Waals surface area contributed by atoms with Crippen molar-refractivity contribution in [2.24, 2.45) is 23.7 Å². The molecule has 4 aliphatic heterocycles. The van der Waals surface area contributed by atoms with Gasteiger partial charge >= 0.3 is 0 Å². The van der Waals surface area contributed by atoms with Gasteiger partial charge in [-0.3, -0.25) is 9.59 Å². The van der Waals surface area contributed by atoms with Gasteiger partial charge < -0.3 is 54.9 Å². The third kappa shape index (κ3) is 11.5. The predicted octanol–water partition coefficient (Wildman–Crippen LogP) is 8.66. The number of hydrogen-bond acceptors (Lipinski definition) is 17. The van der Waals surface area contributed by atoms with Gasteiger partial charge in [0.25, 0.3) is 5.88 Å². The van der Waals surface area contributed by atoms with Gasteiger partial charge in [-0.1, -0.05) is 57.2 Å². The average molecular weight is 1090 g/mol. The fraction of sp³-hybridized carbons (Fsp3) is 0.517. The predicted molar refractivity (Wildman–Crippen MR) is 304 cm³/mol. The Morgan fingerprint density at radius 2 is 1.70 bits per heavy atom. The monoisotopic (exact) mass is 1090 g/mol. The number of thiazole rings is 1. The quantitative estimate of drug-likeness (QED) is 0.0632. The lowest BCUT2D eigenvalue weighted by atomic mass is 9.77. The van der Waals surface area contributed by atoms with Crippen molar-refractivity contribution < 1.29 is 33.8 Å². The molecule has 0 spiro atoms. The zero-order valence-electron chi connectivity index (χ0n) is 46.1. The van der Waals surface area contributed by atoms with Gasteiger partial charge in [0.15, 0.2) is 11.6 Å². The smallest absolute Gasteiger partial charge is 0.254 e. The van der Waals surface area contributed by atoms with Crippen molar-refractivity contribution in [1.82, 2.24) is 40.4 Å². The van der Waals surface area contributed by atoms with Gasteiger partial charge in [-0.05, 0) is 130 Å². The second-order valence-corrected chi connectivity index (χ2v) is 24.1. The van der Waals surface area contributed by atoms with Gasteiger partial charge in [-0.15, -0.1) is 21.5 Å². The summed E-state index contributed by atoms with van der Waals surface area (Å²) in [5, 5.41) is 37.2. The Kier molecular flexibility index (Phi) is 15.8. The van der Waals surface area contributed by atoms with Crippen LogP contribution in [0, 0.1) is 30.6 Å². The number of rotatable bonds is 18. The molecule has 11 rings (SSSR count). The van der Waals surface area contributed by atoms with Crippen LogP contribution in [-0.2, 0) is 9.59 Å². The first kappa shape index (κ1) is 54.1. The second kappa shape index (κ2) is 23.1. The number of aliphatic hydroxyl groups excluding tert-OH is 1. The molecule has 9 atom stereocenters. The van der Waals surface area contributed by atoms with E-state index in [9.17, 15) is 19.8 Å². The number of nitrogens with zero attached hydrogens (tertiary/aromatic N) is 9. The van der Waals surface area contributed by atoms with E-state index in [1.54, 1.807) is 29.5 Å². The third-order valence-corrected chi connectivity index (χ3v) is 18.8. The summed E-state index contributed by atoms with van der Waals surface area (Å²) in [6, 6.07) is 23.0. The minimum atomic E-state index is -0.824. The van der Waals surface area contributed by atoms with Crippen molar-refractivity contribution >= 4 is 40.3 Å². The maximum Gasteiger partial charge on any atom is 0.254 e. The standard InChI is InChI=1S/C60H75N11O7S/c1-34(2)56(60(75)70-32-46(72)26-51(70)59(74)64-36(4)41-11-13-42(14-12-41)57-37(5)63-33-79-57)53-28-55(67-78-53)76-22-19-40-18-21-68(38(6)35(40)3)29-39-23-47(24-39)77-54-25-43(17-20-62-54)71-44-15-16-45(71)31-69(30-44)50-27-49(65-66-58(50)61)48-9-7-8-10-52(48)73/h7-14,17,20,25,27-28,33-36,38-40,44-47,51,56,72-73H,15-16,18-19,21-24,26,29-32H2,1-6H3,(H2,61,66)(H,64,74)/t35-,36+,38+,39?,40-,44?,45?,46-,47?,51+,56+/m1/s1. The number of nitrogen functional groups attached to an aromatic ring is 1. The molecule has 5 fully saturated rings. The number of aryl methyl sites for hydroxylation is 1. The minimum Gasteiger partial charge on any atom is -0.507 e. The lowest BCUT2D eigenvalue weighted by Crippen LogP contribution is -2.54. The first-order valence-electron chi connectivity index (χ1n) is 28.4. The molecular weight excluding hydrogens is 1020 g/mol. The number of carbonyl (C=O) groups excluding carboxylic acids is 2. The summed E-state index contributed by atoms with van der Waals surface area (Å²) in [5.74, 6) is 2.04. The first-order valence-corrected chi connectivity index (χ1v) is 29.2. The van der Waals surface area contributed by atoms with E-state index in [1.165, 1.54) is 4.90 Å². The Morgan fingerprint density at radius 1 is 0.924 bits per heavy atom. The normalized spacial score (nSPS) is 25.8. The molecule has 4 aromatic heterocycles. The molecule has 2 unspecified atom stereocenters. The number of phenols is 1. The van der Waals surface area contributed by atoms with E-state index in [1.807, 2.05) is 81.9 Å². The van der Waals surface area contributed by atoms with Crippen LogP contribution in [-0.4, -0.2) is 133 Å². The Bertz CT molecular complexity index is 3080. The largest absolute Gasteiger partial charge is 0.507 e. The van der Waals surface area contributed by atoms with Gasteiger partial charge in [-0.2, -0.15) is 0 Å². The van der Waals surface area contributed by atoms with E-state index in [-0.39, 0.29) is 48.6 Å². The number of nitrogens with two attached hydrogens (primary N) is 1. The molecule has 2 amide bonds. The van der Waals surface area contributed by atoms with Gasteiger partial charge in [0.05, 0.1) is 46.2 Å². The van der Waals surface area contributed by atoms with Crippen LogP contribution in [0.4, 0.5) is 17.2 Å². The molecular formula is C60H75N11O7S. The van der Waals surface area contributed by atoms with Crippen LogP contribution in [0.15, 0.2) is 89.0 Å². The highest BCUT2D eigenvalue weighted by molar-refractivity contribution is 7.13. The van der Waals surface area contributed by atoms with Crippen LogP contribution in [0.25, 0.3) is 21.7 Å². The number of hydrogen-bond donors (Lipinski definition) is 4. The molecule has 79 heavy (non-hydrogen) atoms. The number of aromatic nitrogens is 5. The molecule has 4 saturated heterocycles. The number of piperidine rings is 1. The van der Waals surface area contributed by atoms with E-state index in [0.29, 0.717) is 77.1 Å². The summed E-state index contributed by atoms with van der Waals surface area (Å²) in [7, 11) is 0. The number of ether oxygens (including phenoxy) is 2. The van der Waals surface area contributed by atoms with E-state index >= 15 is 0 Å². The number of para-hydroxylation sites is 1. The number of likely N-dealkylation sites (tertiary alicyclic amines) is 2. The fourth-order valence-electron chi connectivity index (χ4n) is 13.1. The molecule has 418 valence electrons. The molecule has 5 N–H and O–H groups in total. The highest BCUT2D eigenvalue weighted by Crippen LogP contribution is 2.42. The number of aliphatic hydroxyl groups is 1. The van der Waals surface area contributed by atoms with Gasteiger partial charge in [-0.25, -0.2) is 9.97 Å². The third-order valence-electron chi connectivity index (χ3n) is 17.8. The summed E-state index contributed by atoms with van der Waals surface area (Å²) >= 11 is 1.60. The first-order chi connectivity index (χ1) is 38.1. The highest BCUT2D eigenvalue weighted by Gasteiger charge is 2.45. The molecule has 2 aromatic carbocycles. The molecule has 19 heteroatoms. The van der Waals surface area contributed by atoms with Crippen molar-refractivity contribution in [3.63, 3.8) is 0 Å². The number of benzene rings is 2. The summed E-state index contributed by atoms with van der Waals surface area (Å²) in [5.41, 5.74) is 14.5. The number of β-amino-alcohol motifs (C(OH)–C–C–N with tert-alkyl or cyclic N) is 1. The van der Waals surface area contributed by atoms with E-state index in [4.69, 9.17) is 19.7 Å². The van der Waals surface area contributed by atoms with Crippen LogP contribution < -0.4 is 30.3 Å². The zero-order chi connectivity index (χ0) is 55.1. The Hall–Kier alpha value is -6.83. The maximum absolute atomic E-state index is 14.3. The molecule has 6 aromatic rings. The van der Waals surface area contributed by atoms with Crippen molar-refractivity contribution in [3.05, 3.63) is 102 Å². The van der Waals surface area contributed by atoms with E-state index in [0.717, 1.165) is 97.8 Å². The average Bonchev–Trinajstić information content (AvgIpc) is 4.40. The van der Waals surface area contributed by atoms with Crippen LogP contribution in [0.5, 0.6) is 17.5 Å². The van der Waals surface area contributed by atoms with Crippen molar-refractivity contribution in [3.8, 4) is 39.2 Å². The number of nitrogens with one attached hydrogen (secondary N) is 1. The summed E-state index contributed by atoms with van der Waals surface area (Å²) in [6.07, 6.45) is 7.51. The molecule has 5 aliphatic rings. The number of piperazine rings is 1. The fourth-order valence-corrected chi connectivity index (χ4v) is 14.0. The SMILES string of the molecule is Cc1ncsc1-c1ccc([C@H](C)NC(=O)[C@@H]2C[C@@H](O)CN2C(=O)[C@H](c2cc(OCC[C@H]3CCN(CC4CC(Oc5cc(N6C7CCC6CN(c6cc(-c8ccccc8O)nnc6N)C7)ccn5)C4)[C@@H](C)[C@H]3C)no2)C(C)C)cc1. The van der Waals surface area contributed by atoms with Crippen molar-refractivity contribution in [2.45, 2.75) is 135 Å². The molecule has 18 nitrogen and oxygen atoms in total. The summed E-state index contributed by atoms with van der Waals surface area (Å²) < 4.78 is 18.5. The Balaban J connectivity index is 0.620. The Labute approximate surface area is 466 Å². The highest BCUT2D eigenvalue weighted by atomic mass is 32.1. The van der Waals surface area contributed by atoms with Crippen molar-refractivity contribution in [1.29, 1.82) is 0 Å². The van der Waals surface area contributed by atoms with E-state index < -0.39 is 18.1 Å². The van der Waals surface area contributed by atoms with E-state index in [2.05, 4.69) is 71.3 Å². The topological polar surface area (TPSA) is 222 Å². The number of aromatic hydroxyl groups is 1. The number of fused-ring (bicyclic) bond motifs is 2. The van der Waals surface area contributed by atoms with Crippen LogP contribution in [0.1, 0.15) is 109 Å². The maximum atomic E-state index is 14.3. The Morgan fingerprint density at radius 3 is 2.43 bits per heavy atom. The zero-order valence-corrected chi connectivity index (χ0v) is 47.0. The molecule has 2 bridgehead atoms. The second-order valence-electron chi connectivity index (χ2n) is 23.2. The molecule has 0 radical (unpaired) electrons. The molecule has 1 saturated carbocycles. The minimum absolute atomic E-state index is 0.0605. The molecule has 1 aliphatic carbocycles. The van der Waals surface area contributed by atoms with Gasteiger partial charge in [0.2, 0.25) is 17.7 Å². The lowest BCUT2D eigenvalue weighted by Gasteiger charge is -2.46. The number of pyridine rings is 1. The van der Waals surface area contributed by atoms with Crippen molar-refractivity contribution in [2.75, 3.05) is 54.9 Å². The summed E-state index contributed by atoms with van der Waals surface area (Å²) in [6.45, 7) is 16.8. The number of carbonyl (C=O) groups is 2. The lowest BCUT2D eigenvalue weighted by molar-refractivity contribution is -0.141. The van der Waals surface area contributed by atoms with Gasteiger partial charge in [0.1, 0.15) is 23.8 Å². The van der Waals surface area contributed by atoms with Crippen LogP contribution in [0.3, 0.4) is 0 Å².